The lowest BCUT2D eigenvalue weighted by molar-refractivity contribution is -2.00. The summed E-state index contributed by atoms with van der Waals surface area (Å²) < 4.78 is 34.0. The lowest BCUT2D eigenvalue weighted by Crippen LogP contribution is -2.68. The predicted molar refractivity (Wildman–Crippen MR) is 36.5 cm³/mol. The maximum absolute atomic E-state index is 8.49. The van der Waals surface area contributed by atoms with Gasteiger partial charge in [-0.1, -0.05) is 12.1 Å². The standard InChI is InChI=1S/C8H7N.ClHO4/c1-2-4-8-6-9-5-7(8)3-1;2-1(3,4)5/h1-6,9H;(H,2,3,4,5). The zero-order valence-corrected chi connectivity index (χ0v) is 7.81. The van der Waals surface area contributed by atoms with Gasteiger partial charge < -0.3 is 0 Å². The minimum absolute atomic E-state index is 1.33. The van der Waals surface area contributed by atoms with Crippen molar-refractivity contribution in [2.45, 2.75) is 0 Å². The van der Waals surface area contributed by atoms with Crippen molar-refractivity contribution in [1.29, 1.82) is 0 Å². The van der Waals surface area contributed by atoms with Crippen LogP contribution in [0.15, 0.2) is 24.3 Å². The molecule has 0 radical (unpaired) electrons. The highest BCUT2D eigenvalue weighted by molar-refractivity contribution is 5.29. The first kappa shape index (κ1) is 11.1. The summed E-state index contributed by atoms with van der Waals surface area (Å²) in [6, 6.07) is 8.36. The molecule has 0 bridgehead atoms. The van der Waals surface area contributed by atoms with Crippen LogP contribution in [-0.4, -0.2) is 0 Å². The fourth-order valence-corrected chi connectivity index (χ4v) is 1.07. The van der Waals surface area contributed by atoms with Crippen LogP contribution in [-0.2, 0) is 0 Å². The maximum Gasteiger partial charge on any atom is 0.105 e. The van der Waals surface area contributed by atoms with E-state index in [-0.39, 0.29) is 0 Å². The Morgan fingerprint density at radius 3 is 1.57 bits per heavy atom. The number of benzene rings is 1. The average molecular weight is 218 g/mol. The third-order valence-corrected chi connectivity index (χ3v) is 1.55. The molecule has 5 nitrogen and oxygen atoms in total. The van der Waals surface area contributed by atoms with Crippen molar-refractivity contribution in [3.8, 4) is 0 Å². The van der Waals surface area contributed by atoms with Crippen LogP contribution in [0, 0.1) is 10.2 Å². The van der Waals surface area contributed by atoms with Crippen molar-refractivity contribution in [2.75, 3.05) is 0 Å². The molecule has 0 saturated heterocycles. The number of hydrogen-bond donors (Lipinski definition) is 1. The molecule has 6 heteroatoms. The van der Waals surface area contributed by atoms with Crippen LogP contribution in [0.2, 0.25) is 0 Å². The lowest BCUT2D eigenvalue weighted by atomic mass is 10.3. The maximum atomic E-state index is 8.49. The summed E-state index contributed by atoms with van der Waals surface area (Å²) in [5, 5.41) is 4.74. The van der Waals surface area contributed by atoms with Gasteiger partial charge in [0.15, 0.2) is 0 Å². The summed E-state index contributed by atoms with van der Waals surface area (Å²) >= 11 is 0. The molecule has 0 saturated carbocycles. The highest BCUT2D eigenvalue weighted by Gasteiger charge is 1.91. The van der Waals surface area contributed by atoms with Crippen molar-refractivity contribution in [3.05, 3.63) is 34.7 Å². The quantitative estimate of drug-likeness (QED) is 0.467. The minimum atomic E-state index is -4.94. The third-order valence-electron chi connectivity index (χ3n) is 1.55. The molecule has 1 aromatic carbocycles. The molecule has 0 amide bonds. The molecule has 0 atom stereocenters. The predicted octanol–water partition coefficient (Wildman–Crippen LogP) is -6.02. The second kappa shape index (κ2) is 4.52. The Morgan fingerprint density at radius 2 is 1.21 bits per heavy atom. The Labute approximate surface area is 82.0 Å². The SMILES string of the molecule is C1=c2ccccc2=C[NH2+]1.[O-][Cl+3]([O-])([O-])[O-]. The zero-order chi connectivity index (χ0) is 10.6. The van der Waals surface area contributed by atoms with Crippen LogP contribution in [0.3, 0.4) is 0 Å². The van der Waals surface area contributed by atoms with Gasteiger partial charge in [-0.15, -0.1) is 10.2 Å². The van der Waals surface area contributed by atoms with E-state index in [9.17, 15) is 0 Å². The van der Waals surface area contributed by atoms with Crippen molar-refractivity contribution < 1.29 is 34.2 Å². The molecule has 2 rings (SSSR count). The van der Waals surface area contributed by atoms with Gasteiger partial charge in [-0.25, -0.2) is 18.6 Å². The van der Waals surface area contributed by atoms with Gasteiger partial charge in [0, 0.05) is 10.4 Å². The minimum Gasteiger partial charge on any atom is -0.293 e. The molecule has 0 fully saturated rings. The molecule has 1 aliphatic rings. The van der Waals surface area contributed by atoms with Crippen LogP contribution in [0.5, 0.6) is 0 Å². The van der Waals surface area contributed by atoms with E-state index in [1.165, 1.54) is 10.4 Å². The number of fused-ring (bicyclic) bond motifs is 1. The molecule has 76 valence electrons. The van der Waals surface area contributed by atoms with Crippen LogP contribution < -0.4 is 34.4 Å². The Hall–Kier alpha value is -0.950. The molecular formula is C8H8ClNO4. The molecule has 2 N–H and O–H groups in total. The number of halogens is 1. The van der Waals surface area contributed by atoms with Gasteiger partial charge in [0.25, 0.3) is 0 Å². The normalized spacial score (nSPS) is 13.1. The van der Waals surface area contributed by atoms with Crippen molar-refractivity contribution in [1.82, 2.24) is 0 Å². The molecule has 1 heterocycles. The molecule has 0 unspecified atom stereocenters. The van der Waals surface area contributed by atoms with Crippen molar-refractivity contribution in [2.24, 2.45) is 0 Å². The van der Waals surface area contributed by atoms with E-state index < -0.39 is 10.2 Å². The topological polar surface area (TPSA) is 109 Å². The van der Waals surface area contributed by atoms with Crippen LogP contribution in [0.25, 0.3) is 12.4 Å². The van der Waals surface area contributed by atoms with Crippen LogP contribution in [0.1, 0.15) is 0 Å². The summed E-state index contributed by atoms with van der Waals surface area (Å²) in [5.41, 5.74) is 0. The Kier molecular flexibility index (Phi) is 3.59. The molecule has 0 aliphatic carbocycles. The average Bonchev–Trinajstić information content (AvgIpc) is 2.47. The van der Waals surface area contributed by atoms with Gasteiger partial charge in [0.2, 0.25) is 0 Å². The molecular weight excluding hydrogens is 210 g/mol. The summed E-state index contributed by atoms with van der Waals surface area (Å²) in [6.07, 6.45) is 4.24. The first-order chi connectivity index (χ1) is 6.47. The van der Waals surface area contributed by atoms with E-state index in [0.717, 1.165) is 0 Å². The van der Waals surface area contributed by atoms with Gasteiger partial charge in [0.1, 0.15) is 12.4 Å². The second-order valence-electron chi connectivity index (χ2n) is 2.53. The smallest absolute Gasteiger partial charge is 0.105 e. The van der Waals surface area contributed by atoms with Crippen molar-refractivity contribution in [3.63, 3.8) is 0 Å². The Bertz CT molecular complexity index is 373. The molecule has 0 spiro atoms. The fourth-order valence-electron chi connectivity index (χ4n) is 1.07. The number of quaternary nitrogens is 1. The van der Waals surface area contributed by atoms with E-state index in [2.05, 4.69) is 42.0 Å². The van der Waals surface area contributed by atoms with E-state index in [0.29, 0.717) is 0 Å². The molecule has 1 aromatic rings. The summed E-state index contributed by atoms with van der Waals surface area (Å²) in [6.45, 7) is 0. The van der Waals surface area contributed by atoms with Gasteiger partial charge in [0.05, 0.1) is 0 Å². The Balaban J connectivity index is 0.000000171. The number of rotatable bonds is 0. The number of nitrogens with two attached hydrogens (primary N) is 1. The van der Waals surface area contributed by atoms with Crippen molar-refractivity contribution >= 4 is 12.4 Å². The highest BCUT2D eigenvalue weighted by Crippen LogP contribution is 1.69. The van der Waals surface area contributed by atoms with Gasteiger partial charge in [-0.05, 0) is 12.1 Å². The number of hydrogen-bond acceptors (Lipinski definition) is 4. The van der Waals surface area contributed by atoms with Gasteiger partial charge in [-0.3, -0.25) is 5.32 Å². The highest BCUT2D eigenvalue weighted by atomic mass is 35.7. The van der Waals surface area contributed by atoms with E-state index >= 15 is 0 Å². The second-order valence-corrected chi connectivity index (χ2v) is 3.29. The largest absolute Gasteiger partial charge is 0.293 e. The first-order valence-corrected chi connectivity index (χ1v) is 4.92. The first-order valence-electron chi connectivity index (χ1n) is 3.69. The van der Waals surface area contributed by atoms with Gasteiger partial charge >= 0.3 is 0 Å². The third kappa shape index (κ3) is 4.33. The summed E-state index contributed by atoms with van der Waals surface area (Å²) in [5.74, 6) is 0. The lowest BCUT2D eigenvalue weighted by Gasteiger charge is -2.17. The Morgan fingerprint density at radius 1 is 0.857 bits per heavy atom. The van der Waals surface area contributed by atoms with E-state index in [1.807, 2.05) is 0 Å². The molecule has 14 heavy (non-hydrogen) atoms. The van der Waals surface area contributed by atoms with E-state index in [4.69, 9.17) is 18.6 Å². The molecule has 0 aromatic heterocycles. The molecule has 1 aliphatic heterocycles. The summed E-state index contributed by atoms with van der Waals surface area (Å²) in [4.78, 5) is 0. The summed E-state index contributed by atoms with van der Waals surface area (Å²) in [7, 11) is -4.94. The van der Waals surface area contributed by atoms with E-state index in [1.54, 1.807) is 0 Å². The fraction of sp³-hybridized carbons (Fsp3) is 0. The van der Waals surface area contributed by atoms with Crippen LogP contribution in [0.4, 0.5) is 0 Å². The monoisotopic (exact) mass is 217 g/mol. The van der Waals surface area contributed by atoms with Crippen LogP contribution >= 0.6 is 0 Å². The van der Waals surface area contributed by atoms with Gasteiger partial charge in [-0.2, -0.15) is 0 Å². The zero-order valence-electron chi connectivity index (χ0n) is 7.05.